The van der Waals surface area contributed by atoms with Crippen LogP contribution in [-0.2, 0) is 0 Å². The van der Waals surface area contributed by atoms with Gasteiger partial charge in [-0.05, 0) is 36.4 Å². The summed E-state index contributed by atoms with van der Waals surface area (Å²) in [4.78, 5) is 11.6. The van der Waals surface area contributed by atoms with Crippen LogP contribution in [0.4, 0.5) is 0 Å². The second-order valence-electron chi connectivity index (χ2n) is 4.20. The van der Waals surface area contributed by atoms with Crippen molar-refractivity contribution in [3.8, 4) is 11.4 Å². The van der Waals surface area contributed by atoms with Crippen molar-refractivity contribution < 1.29 is 4.79 Å². The predicted molar refractivity (Wildman–Crippen MR) is 67.0 cm³/mol. The summed E-state index contributed by atoms with van der Waals surface area (Å²) in [6.07, 6.45) is 0. The Morgan fingerprint density at radius 3 is 2.83 bits per heavy atom. The summed E-state index contributed by atoms with van der Waals surface area (Å²) < 4.78 is 1.73. The van der Waals surface area contributed by atoms with Crippen LogP contribution in [0.5, 0.6) is 0 Å². The third kappa shape index (κ3) is 2.22. The molecule has 0 saturated heterocycles. The van der Waals surface area contributed by atoms with Crippen LogP contribution in [0.2, 0.25) is 0 Å². The zero-order chi connectivity index (χ0) is 13.1. The first-order valence-corrected chi connectivity index (χ1v) is 5.74. The fourth-order valence-corrected chi connectivity index (χ4v) is 1.68. The van der Waals surface area contributed by atoms with E-state index in [-0.39, 0.29) is 11.9 Å². The van der Waals surface area contributed by atoms with Gasteiger partial charge < -0.3 is 5.32 Å². The Kier molecular flexibility index (Phi) is 3.36. The van der Waals surface area contributed by atoms with E-state index in [1.54, 1.807) is 23.9 Å². The monoisotopic (exact) mass is 245 g/mol. The molecule has 6 heteroatoms. The van der Waals surface area contributed by atoms with E-state index < -0.39 is 0 Å². The Morgan fingerprint density at radius 1 is 1.39 bits per heavy atom. The number of carbonyl (C=O) groups excluding carboxylic acids is 1. The number of nitrogens with zero attached hydrogens (tertiary/aromatic N) is 4. The van der Waals surface area contributed by atoms with Crippen molar-refractivity contribution in [1.82, 2.24) is 25.5 Å². The molecule has 1 aromatic heterocycles. The van der Waals surface area contributed by atoms with Crippen molar-refractivity contribution in [2.75, 3.05) is 7.05 Å². The fraction of sp³-hybridized carbons (Fsp3) is 0.333. The molecule has 0 aliphatic carbocycles. The van der Waals surface area contributed by atoms with Crippen molar-refractivity contribution in [3.63, 3.8) is 0 Å². The summed E-state index contributed by atoms with van der Waals surface area (Å²) in [5.74, 6) is 0.538. The highest BCUT2D eigenvalue weighted by Crippen LogP contribution is 2.19. The Bertz CT molecular complexity index is 561. The second-order valence-corrected chi connectivity index (χ2v) is 4.20. The first-order valence-electron chi connectivity index (χ1n) is 5.74. The minimum Gasteiger partial charge on any atom is -0.355 e. The van der Waals surface area contributed by atoms with Gasteiger partial charge in [-0.25, -0.2) is 4.68 Å². The Balaban J connectivity index is 2.45. The normalized spacial score (nSPS) is 10.7. The molecule has 2 rings (SSSR count). The highest BCUT2D eigenvalue weighted by atomic mass is 16.1. The number of hydrogen-bond acceptors (Lipinski definition) is 4. The van der Waals surface area contributed by atoms with Crippen LogP contribution in [0.25, 0.3) is 11.4 Å². The molecule has 0 aliphatic rings. The molecule has 1 amide bonds. The lowest BCUT2D eigenvalue weighted by molar-refractivity contribution is 0.0963. The number of aromatic nitrogens is 4. The van der Waals surface area contributed by atoms with Gasteiger partial charge in [0.1, 0.15) is 0 Å². The van der Waals surface area contributed by atoms with E-state index in [0.29, 0.717) is 11.4 Å². The quantitative estimate of drug-likeness (QED) is 0.884. The molecule has 94 valence electrons. The lowest BCUT2D eigenvalue weighted by Gasteiger charge is -2.08. The van der Waals surface area contributed by atoms with E-state index in [0.717, 1.165) is 5.56 Å². The molecule has 0 fully saturated rings. The molecule has 6 nitrogen and oxygen atoms in total. The van der Waals surface area contributed by atoms with Crippen molar-refractivity contribution in [2.24, 2.45) is 0 Å². The van der Waals surface area contributed by atoms with Gasteiger partial charge in [0.05, 0.1) is 6.04 Å². The van der Waals surface area contributed by atoms with Gasteiger partial charge in [0, 0.05) is 18.2 Å². The standard InChI is InChI=1S/C12H15N5O/c1-8(2)17-11(14-15-16-17)9-5-4-6-10(7-9)12(18)13-3/h4-8H,1-3H3,(H,13,18). The molecule has 1 N–H and O–H groups in total. The van der Waals surface area contributed by atoms with E-state index in [1.165, 1.54) is 0 Å². The number of amides is 1. The van der Waals surface area contributed by atoms with Gasteiger partial charge >= 0.3 is 0 Å². The Hall–Kier alpha value is -2.24. The summed E-state index contributed by atoms with van der Waals surface area (Å²) in [5, 5.41) is 14.2. The van der Waals surface area contributed by atoms with Crippen LogP contribution in [0.3, 0.4) is 0 Å². The molecule has 0 spiro atoms. The number of benzene rings is 1. The molecule has 0 saturated carbocycles. The van der Waals surface area contributed by atoms with Gasteiger partial charge in [0.2, 0.25) is 0 Å². The summed E-state index contributed by atoms with van der Waals surface area (Å²) >= 11 is 0. The SMILES string of the molecule is CNC(=O)c1cccc(-c2nnnn2C(C)C)c1. The first kappa shape index (κ1) is 12.2. The minimum absolute atomic E-state index is 0.125. The number of carbonyl (C=O) groups is 1. The first-order chi connectivity index (χ1) is 8.63. The van der Waals surface area contributed by atoms with Crippen LogP contribution in [0.1, 0.15) is 30.2 Å². The maximum Gasteiger partial charge on any atom is 0.251 e. The van der Waals surface area contributed by atoms with E-state index in [1.807, 2.05) is 26.0 Å². The van der Waals surface area contributed by atoms with Crippen LogP contribution in [0.15, 0.2) is 24.3 Å². The molecule has 0 atom stereocenters. The molecular formula is C12H15N5O. The smallest absolute Gasteiger partial charge is 0.251 e. The highest BCUT2D eigenvalue weighted by Gasteiger charge is 2.13. The predicted octanol–water partition coefficient (Wildman–Crippen LogP) is 1.28. The molecular weight excluding hydrogens is 230 g/mol. The van der Waals surface area contributed by atoms with E-state index in [9.17, 15) is 4.79 Å². The van der Waals surface area contributed by atoms with Crippen molar-refractivity contribution >= 4 is 5.91 Å². The van der Waals surface area contributed by atoms with E-state index >= 15 is 0 Å². The van der Waals surface area contributed by atoms with Gasteiger partial charge in [-0.2, -0.15) is 0 Å². The highest BCUT2D eigenvalue weighted by molar-refractivity contribution is 5.95. The van der Waals surface area contributed by atoms with Gasteiger partial charge in [-0.3, -0.25) is 4.79 Å². The Labute approximate surface area is 105 Å². The van der Waals surface area contributed by atoms with Crippen molar-refractivity contribution in [2.45, 2.75) is 19.9 Å². The largest absolute Gasteiger partial charge is 0.355 e. The molecule has 18 heavy (non-hydrogen) atoms. The zero-order valence-corrected chi connectivity index (χ0v) is 10.6. The topological polar surface area (TPSA) is 72.7 Å². The van der Waals surface area contributed by atoms with Gasteiger partial charge in [-0.15, -0.1) is 5.10 Å². The zero-order valence-electron chi connectivity index (χ0n) is 10.6. The third-order valence-electron chi connectivity index (χ3n) is 2.59. The summed E-state index contributed by atoms with van der Waals surface area (Å²) in [6.45, 7) is 4.00. The van der Waals surface area contributed by atoms with Crippen LogP contribution >= 0.6 is 0 Å². The number of rotatable bonds is 3. The number of nitrogens with one attached hydrogen (secondary N) is 1. The number of hydrogen-bond donors (Lipinski definition) is 1. The maximum atomic E-state index is 11.6. The molecule has 1 aromatic carbocycles. The summed E-state index contributed by atoms with van der Waals surface area (Å²) in [5.41, 5.74) is 1.42. The average molecular weight is 245 g/mol. The summed E-state index contributed by atoms with van der Waals surface area (Å²) in [6, 6.07) is 7.41. The van der Waals surface area contributed by atoms with Crippen LogP contribution in [-0.4, -0.2) is 33.2 Å². The summed E-state index contributed by atoms with van der Waals surface area (Å²) in [7, 11) is 1.60. The van der Waals surface area contributed by atoms with Crippen molar-refractivity contribution in [3.05, 3.63) is 29.8 Å². The van der Waals surface area contributed by atoms with Gasteiger partial charge in [0.15, 0.2) is 5.82 Å². The molecule has 0 unspecified atom stereocenters. The van der Waals surface area contributed by atoms with E-state index in [2.05, 4.69) is 20.8 Å². The van der Waals surface area contributed by atoms with Crippen LogP contribution < -0.4 is 5.32 Å². The van der Waals surface area contributed by atoms with E-state index in [4.69, 9.17) is 0 Å². The molecule has 0 radical (unpaired) electrons. The minimum atomic E-state index is -0.125. The molecule has 2 aromatic rings. The average Bonchev–Trinajstić information content (AvgIpc) is 2.87. The number of tetrazole rings is 1. The molecule has 1 heterocycles. The Morgan fingerprint density at radius 2 is 2.17 bits per heavy atom. The third-order valence-corrected chi connectivity index (χ3v) is 2.59. The molecule has 0 aliphatic heterocycles. The van der Waals surface area contributed by atoms with Gasteiger partial charge in [-0.1, -0.05) is 12.1 Å². The fourth-order valence-electron chi connectivity index (χ4n) is 1.68. The maximum absolute atomic E-state index is 11.6. The second kappa shape index (κ2) is 4.95. The lowest BCUT2D eigenvalue weighted by atomic mass is 10.1. The van der Waals surface area contributed by atoms with Gasteiger partial charge in [0.25, 0.3) is 5.91 Å². The van der Waals surface area contributed by atoms with Crippen molar-refractivity contribution in [1.29, 1.82) is 0 Å². The lowest BCUT2D eigenvalue weighted by Crippen LogP contribution is -2.17. The molecule has 0 bridgehead atoms. The van der Waals surface area contributed by atoms with Crippen LogP contribution in [0, 0.1) is 0 Å².